The van der Waals surface area contributed by atoms with Crippen molar-refractivity contribution in [2.24, 2.45) is 17.8 Å². The molecule has 0 N–H and O–H groups in total. The number of para-hydroxylation sites is 1. The van der Waals surface area contributed by atoms with Crippen molar-refractivity contribution < 1.29 is 9.63 Å². The van der Waals surface area contributed by atoms with Gasteiger partial charge in [0, 0.05) is 22.8 Å². The molecule has 4 heteroatoms. The first-order valence-electron chi connectivity index (χ1n) is 8.98. The second kappa shape index (κ2) is 5.86. The Hall–Kier alpha value is -1.84. The molecule has 1 heterocycles. The Labute approximate surface area is 152 Å². The number of hydrogen-bond acceptors (Lipinski definition) is 3. The Morgan fingerprint density at radius 2 is 1.68 bits per heavy atom. The van der Waals surface area contributed by atoms with E-state index >= 15 is 0 Å². The minimum Gasteiger partial charge on any atom is -0.292 e. The van der Waals surface area contributed by atoms with E-state index in [9.17, 15) is 4.79 Å². The number of rotatable bonds is 3. The van der Waals surface area contributed by atoms with Gasteiger partial charge in [-0.15, -0.1) is 11.6 Å². The summed E-state index contributed by atoms with van der Waals surface area (Å²) in [4.78, 5) is 19.7. The number of halogens is 1. The average Bonchev–Trinajstić information content (AvgIpc) is 3.32. The maximum absolute atomic E-state index is 13.4. The van der Waals surface area contributed by atoms with Crippen molar-refractivity contribution in [1.82, 2.24) is 0 Å². The van der Waals surface area contributed by atoms with E-state index in [2.05, 4.69) is 0 Å². The predicted molar refractivity (Wildman–Crippen MR) is 97.7 cm³/mol. The number of nitrogens with zero attached hydrogens (tertiary/aromatic N) is 1. The largest absolute Gasteiger partial charge is 0.292 e. The Morgan fingerprint density at radius 3 is 2.40 bits per heavy atom. The number of anilines is 1. The van der Waals surface area contributed by atoms with Gasteiger partial charge < -0.3 is 0 Å². The highest BCUT2D eigenvalue weighted by atomic mass is 35.5. The molecule has 0 spiro atoms. The summed E-state index contributed by atoms with van der Waals surface area (Å²) in [7, 11) is 0. The van der Waals surface area contributed by atoms with E-state index in [0.29, 0.717) is 11.8 Å². The van der Waals surface area contributed by atoms with E-state index in [0.717, 1.165) is 24.1 Å². The molecule has 5 rings (SSSR count). The fourth-order valence-corrected chi connectivity index (χ4v) is 5.53. The van der Waals surface area contributed by atoms with Crippen LogP contribution in [0.25, 0.3) is 0 Å². The highest BCUT2D eigenvalue weighted by Gasteiger charge is 2.62. The number of carbonyl (C=O) groups is 1. The fourth-order valence-electron chi connectivity index (χ4n) is 5.06. The van der Waals surface area contributed by atoms with Crippen molar-refractivity contribution in [3.8, 4) is 0 Å². The van der Waals surface area contributed by atoms with Crippen LogP contribution in [-0.4, -0.2) is 23.3 Å². The quantitative estimate of drug-likeness (QED) is 0.608. The molecule has 2 aromatic carbocycles. The normalized spacial score (nSPS) is 35.8. The molecule has 2 aromatic rings. The van der Waals surface area contributed by atoms with E-state index < -0.39 is 0 Å². The minimum absolute atomic E-state index is 0.0547. The van der Waals surface area contributed by atoms with Crippen LogP contribution < -0.4 is 5.06 Å². The molecular formula is C21H20ClNO2. The topological polar surface area (TPSA) is 29.5 Å². The summed E-state index contributed by atoms with van der Waals surface area (Å²) in [6.07, 6.45) is 2.14. The Balaban J connectivity index is 1.56. The first-order chi connectivity index (χ1) is 12.2. The molecule has 25 heavy (non-hydrogen) atoms. The molecule has 1 aliphatic heterocycles. The summed E-state index contributed by atoms with van der Waals surface area (Å²) in [5, 5.41) is 2.04. The lowest BCUT2D eigenvalue weighted by Crippen LogP contribution is -2.42. The molecule has 2 aliphatic carbocycles. The zero-order valence-corrected chi connectivity index (χ0v) is 14.5. The van der Waals surface area contributed by atoms with E-state index in [4.69, 9.17) is 16.4 Å². The van der Waals surface area contributed by atoms with E-state index in [1.165, 1.54) is 0 Å². The van der Waals surface area contributed by atoms with Crippen molar-refractivity contribution in [2.75, 3.05) is 5.06 Å². The predicted octanol–water partition coefficient (Wildman–Crippen LogP) is 4.32. The SMILES string of the molecule is O=C(c1ccccc1)[C@H]1[C@@H]2[C@H]3C[C@@H]([C@@H]2ON1c1ccccc1)[C@H](Cl)C3. The highest BCUT2D eigenvalue weighted by Crippen LogP contribution is 2.57. The summed E-state index contributed by atoms with van der Waals surface area (Å²) in [5.41, 5.74) is 1.69. The lowest BCUT2D eigenvalue weighted by atomic mass is 9.79. The lowest BCUT2D eigenvalue weighted by molar-refractivity contribution is 0.0371. The molecule has 0 aromatic heterocycles. The third kappa shape index (κ3) is 2.33. The zero-order chi connectivity index (χ0) is 17.0. The number of alkyl halides is 1. The standard InChI is InChI=1S/C21H20ClNO2/c22-17-12-14-11-16(17)21-18(14)19(20(24)13-7-3-1-4-8-13)23(25-21)15-9-5-2-6-10-15/h1-10,14,16-19,21H,11-12H2/t14-,16+,17+,18-,19+,21-/m0/s1. The lowest BCUT2D eigenvalue weighted by Gasteiger charge is -2.28. The van der Waals surface area contributed by atoms with Gasteiger partial charge in [-0.2, -0.15) is 0 Å². The van der Waals surface area contributed by atoms with Gasteiger partial charge in [0.25, 0.3) is 0 Å². The third-order valence-electron chi connectivity index (χ3n) is 6.10. The number of benzene rings is 2. The molecule has 3 fully saturated rings. The van der Waals surface area contributed by atoms with E-state index in [1.54, 1.807) is 0 Å². The minimum atomic E-state index is -0.269. The number of fused-ring (bicyclic) bond motifs is 5. The van der Waals surface area contributed by atoms with Crippen molar-refractivity contribution in [3.63, 3.8) is 0 Å². The third-order valence-corrected chi connectivity index (χ3v) is 6.61. The monoisotopic (exact) mass is 353 g/mol. The van der Waals surface area contributed by atoms with Crippen LogP contribution in [0.4, 0.5) is 5.69 Å². The molecule has 6 atom stereocenters. The van der Waals surface area contributed by atoms with Crippen molar-refractivity contribution in [2.45, 2.75) is 30.4 Å². The molecule has 3 aliphatic rings. The summed E-state index contributed by atoms with van der Waals surface area (Å²) in [6.45, 7) is 0. The van der Waals surface area contributed by atoms with Crippen molar-refractivity contribution in [3.05, 3.63) is 66.2 Å². The van der Waals surface area contributed by atoms with Crippen LogP contribution in [-0.2, 0) is 4.84 Å². The second-order valence-corrected chi connectivity index (χ2v) is 7.96. The maximum atomic E-state index is 13.4. The summed E-state index contributed by atoms with van der Waals surface area (Å²) in [5.74, 6) is 1.21. The molecule has 1 saturated heterocycles. The number of ketones is 1. The van der Waals surface area contributed by atoms with Crippen LogP contribution in [0, 0.1) is 17.8 Å². The van der Waals surface area contributed by atoms with Gasteiger partial charge in [-0.1, -0.05) is 48.5 Å². The fraction of sp³-hybridized carbons (Fsp3) is 0.381. The van der Waals surface area contributed by atoms with Crippen LogP contribution in [0.2, 0.25) is 0 Å². The van der Waals surface area contributed by atoms with Crippen molar-refractivity contribution in [1.29, 1.82) is 0 Å². The molecule has 0 radical (unpaired) electrons. The highest BCUT2D eigenvalue weighted by molar-refractivity contribution is 6.21. The van der Waals surface area contributed by atoms with Gasteiger partial charge >= 0.3 is 0 Å². The molecular weight excluding hydrogens is 334 g/mol. The second-order valence-electron chi connectivity index (χ2n) is 7.40. The smallest absolute Gasteiger partial charge is 0.188 e. The molecule has 2 saturated carbocycles. The van der Waals surface area contributed by atoms with Crippen LogP contribution >= 0.6 is 11.6 Å². The summed E-state index contributed by atoms with van der Waals surface area (Å²) < 4.78 is 0. The molecule has 128 valence electrons. The summed E-state index contributed by atoms with van der Waals surface area (Å²) in [6, 6.07) is 19.3. The van der Waals surface area contributed by atoms with Crippen LogP contribution in [0.1, 0.15) is 23.2 Å². The van der Waals surface area contributed by atoms with Crippen LogP contribution in [0.3, 0.4) is 0 Å². The Morgan fingerprint density at radius 1 is 1.00 bits per heavy atom. The Bertz CT molecular complexity index is 781. The van der Waals surface area contributed by atoms with Gasteiger partial charge in [0.05, 0.1) is 11.8 Å². The van der Waals surface area contributed by atoms with Crippen molar-refractivity contribution >= 4 is 23.1 Å². The summed E-state index contributed by atoms with van der Waals surface area (Å²) >= 11 is 6.53. The number of hydroxylamine groups is 1. The van der Waals surface area contributed by atoms with Gasteiger partial charge in [0.1, 0.15) is 6.04 Å². The number of Topliss-reactive ketones (excluding diaryl/α,β-unsaturated/α-hetero) is 1. The van der Waals surface area contributed by atoms with Gasteiger partial charge in [-0.05, 0) is 30.9 Å². The molecule has 0 unspecified atom stereocenters. The number of carbonyl (C=O) groups excluding carboxylic acids is 1. The molecule has 0 amide bonds. The van der Waals surface area contributed by atoms with Gasteiger partial charge in [-0.25, -0.2) is 5.06 Å². The van der Waals surface area contributed by atoms with Crippen LogP contribution in [0.15, 0.2) is 60.7 Å². The van der Waals surface area contributed by atoms with Gasteiger partial charge in [-0.3, -0.25) is 9.63 Å². The van der Waals surface area contributed by atoms with Gasteiger partial charge in [0.2, 0.25) is 0 Å². The van der Waals surface area contributed by atoms with E-state index in [-0.39, 0.29) is 29.2 Å². The first-order valence-corrected chi connectivity index (χ1v) is 9.42. The van der Waals surface area contributed by atoms with Gasteiger partial charge in [0.15, 0.2) is 5.78 Å². The zero-order valence-electron chi connectivity index (χ0n) is 13.8. The average molecular weight is 354 g/mol. The Kier molecular flexibility index (Phi) is 3.61. The van der Waals surface area contributed by atoms with Crippen LogP contribution in [0.5, 0.6) is 0 Å². The molecule has 2 bridgehead atoms. The maximum Gasteiger partial charge on any atom is 0.188 e. The van der Waals surface area contributed by atoms with E-state index in [1.807, 2.05) is 65.7 Å². The molecule has 3 nitrogen and oxygen atoms in total. The first kappa shape index (κ1) is 15.4. The number of hydrogen-bond donors (Lipinski definition) is 0.